The summed E-state index contributed by atoms with van der Waals surface area (Å²) in [5, 5.41) is 23.4. The average Bonchev–Trinajstić information content (AvgIpc) is 3.32. The molecule has 4 rings (SSSR count). The number of nitro benzene ring substituents is 1. The van der Waals surface area contributed by atoms with Crippen molar-refractivity contribution in [1.82, 2.24) is 20.1 Å². The Morgan fingerprint density at radius 2 is 1.78 bits per heavy atom. The smallest absolute Gasteiger partial charge is 0.269 e. The average molecular weight is 516 g/mol. The fraction of sp³-hybridized carbons (Fsp3) is 0.250. The van der Waals surface area contributed by atoms with Crippen molar-refractivity contribution in [3.05, 3.63) is 111 Å². The number of hydrogen-bond acceptors (Lipinski definition) is 6. The summed E-state index contributed by atoms with van der Waals surface area (Å²) in [5.41, 5.74) is 4.81. The molecule has 0 radical (unpaired) electrons. The second-order valence-electron chi connectivity index (χ2n) is 8.77. The molecule has 37 heavy (non-hydrogen) atoms. The maximum absolute atomic E-state index is 12.8. The molecule has 0 aliphatic heterocycles. The summed E-state index contributed by atoms with van der Waals surface area (Å²) in [7, 11) is 0. The SMILES string of the molecule is CCCCc1ccc(C(=O)NCc2nnc(SCc3cccc(C)c3)n2-c2ccc([N+](=O)[O-])cc2)cc1. The Kier molecular flexibility index (Phi) is 8.68. The third kappa shape index (κ3) is 6.83. The highest BCUT2D eigenvalue weighted by Crippen LogP contribution is 2.27. The van der Waals surface area contributed by atoms with Crippen LogP contribution in [-0.2, 0) is 18.7 Å². The lowest BCUT2D eigenvalue weighted by Gasteiger charge is -2.11. The van der Waals surface area contributed by atoms with Crippen LogP contribution < -0.4 is 5.32 Å². The fourth-order valence-corrected chi connectivity index (χ4v) is 4.82. The molecule has 0 atom stereocenters. The molecule has 0 bridgehead atoms. The first-order valence-electron chi connectivity index (χ1n) is 12.2. The van der Waals surface area contributed by atoms with Crippen LogP contribution in [0.3, 0.4) is 0 Å². The standard InChI is InChI=1S/C28H29N5O3S/c1-3-4-7-21-9-11-23(12-10-21)27(34)29-18-26-30-31-28(37-19-22-8-5-6-20(2)17-22)32(26)24-13-15-25(16-14-24)33(35)36/h5-6,8-17H,3-4,7,18-19H2,1-2H3,(H,29,34). The minimum absolute atomic E-state index is 0.00280. The van der Waals surface area contributed by atoms with Crippen molar-refractivity contribution < 1.29 is 9.72 Å². The maximum atomic E-state index is 12.8. The predicted octanol–water partition coefficient (Wildman–Crippen LogP) is 6.05. The Hall–Kier alpha value is -3.98. The molecule has 190 valence electrons. The van der Waals surface area contributed by atoms with Crippen molar-refractivity contribution in [3.8, 4) is 5.69 Å². The highest BCUT2D eigenvalue weighted by molar-refractivity contribution is 7.98. The summed E-state index contributed by atoms with van der Waals surface area (Å²) in [6.45, 7) is 4.36. The van der Waals surface area contributed by atoms with Crippen LogP contribution >= 0.6 is 11.8 Å². The molecular formula is C28H29N5O3S. The van der Waals surface area contributed by atoms with Gasteiger partial charge in [-0.3, -0.25) is 19.5 Å². The van der Waals surface area contributed by atoms with Crippen LogP contribution in [0.25, 0.3) is 5.69 Å². The predicted molar refractivity (Wildman–Crippen MR) is 145 cm³/mol. The van der Waals surface area contributed by atoms with Gasteiger partial charge in [0, 0.05) is 29.1 Å². The molecule has 3 aromatic carbocycles. The summed E-state index contributed by atoms with van der Waals surface area (Å²) >= 11 is 1.52. The van der Waals surface area contributed by atoms with Gasteiger partial charge in [0.1, 0.15) is 0 Å². The summed E-state index contributed by atoms with van der Waals surface area (Å²) in [6.07, 6.45) is 3.25. The van der Waals surface area contributed by atoms with Gasteiger partial charge in [-0.05, 0) is 55.2 Å². The van der Waals surface area contributed by atoms with E-state index < -0.39 is 4.92 Å². The minimum Gasteiger partial charge on any atom is -0.345 e. The number of non-ortho nitro benzene ring substituents is 1. The molecule has 8 nitrogen and oxygen atoms in total. The van der Waals surface area contributed by atoms with Crippen LogP contribution in [0.4, 0.5) is 5.69 Å². The number of aryl methyl sites for hydroxylation is 2. The van der Waals surface area contributed by atoms with Crippen LogP contribution in [0, 0.1) is 17.0 Å². The number of carbonyl (C=O) groups excluding carboxylic acids is 1. The van der Waals surface area contributed by atoms with Crippen LogP contribution in [0.5, 0.6) is 0 Å². The third-order valence-electron chi connectivity index (χ3n) is 5.91. The monoisotopic (exact) mass is 515 g/mol. The Labute approximate surface area is 220 Å². The lowest BCUT2D eigenvalue weighted by Crippen LogP contribution is -2.24. The Bertz CT molecular complexity index is 1370. The van der Waals surface area contributed by atoms with E-state index in [1.165, 1.54) is 35.0 Å². The molecule has 0 aliphatic carbocycles. The number of nitro groups is 1. The summed E-state index contributed by atoms with van der Waals surface area (Å²) < 4.78 is 1.83. The molecule has 1 amide bonds. The summed E-state index contributed by atoms with van der Waals surface area (Å²) in [4.78, 5) is 23.5. The number of amides is 1. The van der Waals surface area contributed by atoms with E-state index in [2.05, 4.69) is 34.6 Å². The van der Waals surface area contributed by atoms with Gasteiger partial charge in [-0.1, -0.05) is 67.1 Å². The number of nitrogens with zero attached hydrogens (tertiary/aromatic N) is 4. The normalized spacial score (nSPS) is 10.9. The van der Waals surface area contributed by atoms with Gasteiger partial charge in [0.05, 0.1) is 11.5 Å². The van der Waals surface area contributed by atoms with Crippen LogP contribution in [-0.4, -0.2) is 25.6 Å². The number of carbonyl (C=O) groups is 1. The quantitative estimate of drug-likeness (QED) is 0.148. The third-order valence-corrected chi connectivity index (χ3v) is 6.91. The second kappa shape index (κ2) is 12.3. The van der Waals surface area contributed by atoms with Crippen LogP contribution in [0.1, 0.15) is 52.6 Å². The van der Waals surface area contributed by atoms with Gasteiger partial charge in [-0.2, -0.15) is 0 Å². The van der Waals surface area contributed by atoms with Crippen molar-refractivity contribution in [2.45, 2.75) is 50.6 Å². The summed E-state index contributed by atoms with van der Waals surface area (Å²) in [6, 6.07) is 22.1. The first-order valence-corrected chi connectivity index (χ1v) is 13.2. The number of aromatic nitrogens is 3. The van der Waals surface area contributed by atoms with Crippen molar-refractivity contribution in [2.24, 2.45) is 0 Å². The van der Waals surface area contributed by atoms with Gasteiger partial charge < -0.3 is 5.32 Å². The topological polar surface area (TPSA) is 103 Å². The fourth-order valence-electron chi connectivity index (χ4n) is 3.91. The number of rotatable bonds is 11. The van der Waals surface area contributed by atoms with Crippen LogP contribution in [0.2, 0.25) is 0 Å². The first kappa shape index (κ1) is 26.1. The number of hydrogen-bond donors (Lipinski definition) is 1. The van der Waals surface area contributed by atoms with Crippen molar-refractivity contribution in [3.63, 3.8) is 0 Å². The minimum atomic E-state index is -0.433. The van der Waals surface area contributed by atoms with E-state index in [0.717, 1.165) is 24.8 Å². The van der Waals surface area contributed by atoms with E-state index in [9.17, 15) is 14.9 Å². The van der Waals surface area contributed by atoms with E-state index >= 15 is 0 Å². The lowest BCUT2D eigenvalue weighted by molar-refractivity contribution is -0.384. The molecule has 1 N–H and O–H groups in total. The van der Waals surface area contributed by atoms with Crippen molar-refractivity contribution in [1.29, 1.82) is 0 Å². The number of unbranched alkanes of at least 4 members (excludes halogenated alkanes) is 1. The molecule has 0 spiro atoms. The van der Waals surface area contributed by atoms with Gasteiger partial charge in [0.2, 0.25) is 0 Å². The molecule has 1 heterocycles. The molecule has 0 saturated heterocycles. The molecule has 0 aliphatic rings. The summed E-state index contributed by atoms with van der Waals surface area (Å²) in [5.74, 6) is 1.02. The van der Waals surface area contributed by atoms with Gasteiger partial charge in [-0.25, -0.2) is 0 Å². The van der Waals surface area contributed by atoms with E-state index in [0.29, 0.717) is 28.0 Å². The van der Waals surface area contributed by atoms with Crippen molar-refractivity contribution in [2.75, 3.05) is 0 Å². The molecule has 4 aromatic rings. The first-order chi connectivity index (χ1) is 17.9. The molecule has 0 unspecified atom stereocenters. The zero-order valence-electron chi connectivity index (χ0n) is 20.9. The Balaban J connectivity index is 1.53. The maximum Gasteiger partial charge on any atom is 0.269 e. The zero-order valence-corrected chi connectivity index (χ0v) is 21.7. The molecule has 9 heteroatoms. The molecule has 0 saturated carbocycles. The van der Waals surface area contributed by atoms with Gasteiger partial charge in [-0.15, -0.1) is 10.2 Å². The van der Waals surface area contributed by atoms with E-state index in [1.54, 1.807) is 12.1 Å². The van der Waals surface area contributed by atoms with E-state index in [1.807, 2.05) is 47.9 Å². The van der Waals surface area contributed by atoms with Crippen LogP contribution in [0.15, 0.2) is 78.0 Å². The molecule has 0 fully saturated rings. The highest BCUT2D eigenvalue weighted by Gasteiger charge is 2.17. The molecule has 1 aromatic heterocycles. The van der Waals surface area contributed by atoms with Gasteiger partial charge in [0.25, 0.3) is 11.6 Å². The number of benzene rings is 3. The highest BCUT2D eigenvalue weighted by atomic mass is 32.2. The van der Waals surface area contributed by atoms with E-state index in [4.69, 9.17) is 0 Å². The molecular weight excluding hydrogens is 486 g/mol. The number of thioether (sulfide) groups is 1. The Morgan fingerprint density at radius 1 is 1.03 bits per heavy atom. The lowest BCUT2D eigenvalue weighted by atomic mass is 10.1. The Morgan fingerprint density at radius 3 is 2.46 bits per heavy atom. The van der Waals surface area contributed by atoms with Gasteiger partial charge >= 0.3 is 0 Å². The van der Waals surface area contributed by atoms with E-state index in [-0.39, 0.29) is 18.1 Å². The largest absolute Gasteiger partial charge is 0.345 e. The zero-order chi connectivity index (χ0) is 26.2. The van der Waals surface area contributed by atoms with Crippen molar-refractivity contribution >= 4 is 23.4 Å². The number of nitrogens with one attached hydrogen (secondary N) is 1. The second-order valence-corrected chi connectivity index (χ2v) is 9.71. The van der Waals surface area contributed by atoms with Gasteiger partial charge in [0.15, 0.2) is 11.0 Å².